The van der Waals surface area contributed by atoms with Crippen LogP contribution in [0.1, 0.15) is 31.4 Å². The summed E-state index contributed by atoms with van der Waals surface area (Å²) in [5, 5.41) is 15.7. The molecule has 7 heteroatoms. The first kappa shape index (κ1) is 19.8. The van der Waals surface area contributed by atoms with Gasteiger partial charge in [-0.05, 0) is 42.5 Å². The number of piperidine rings is 1. The summed E-state index contributed by atoms with van der Waals surface area (Å²) in [5.74, 6) is -0.853. The lowest BCUT2D eigenvalue weighted by Crippen LogP contribution is -2.42. The van der Waals surface area contributed by atoms with Crippen LogP contribution in [-0.2, 0) is 4.79 Å². The molecule has 0 aliphatic carbocycles. The van der Waals surface area contributed by atoms with E-state index in [1.165, 1.54) is 25.1 Å². The third kappa shape index (κ3) is 4.86. The number of urea groups is 1. The second-order valence-electron chi connectivity index (χ2n) is 6.99. The van der Waals surface area contributed by atoms with Gasteiger partial charge in [-0.3, -0.25) is 4.79 Å². The van der Waals surface area contributed by atoms with Gasteiger partial charge >= 0.3 is 6.03 Å². The highest BCUT2D eigenvalue weighted by Crippen LogP contribution is 2.31. The summed E-state index contributed by atoms with van der Waals surface area (Å²) in [5.41, 5.74) is 1.32. The van der Waals surface area contributed by atoms with E-state index in [0.717, 1.165) is 5.56 Å². The Morgan fingerprint density at radius 1 is 1.11 bits per heavy atom. The highest BCUT2D eigenvalue weighted by Gasteiger charge is 2.28. The quantitative estimate of drug-likeness (QED) is 0.749. The molecule has 0 saturated carbocycles. The Labute approximate surface area is 163 Å². The molecule has 1 saturated heterocycles. The number of carbonyl (C=O) groups is 2. The van der Waals surface area contributed by atoms with Gasteiger partial charge in [0.2, 0.25) is 5.91 Å². The summed E-state index contributed by atoms with van der Waals surface area (Å²) < 4.78 is 13.7. The molecule has 3 rings (SSSR count). The summed E-state index contributed by atoms with van der Waals surface area (Å²) in [6, 6.07) is 13.3. The summed E-state index contributed by atoms with van der Waals surface area (Å²) in [6.45, 7) is 2.35. The zero-order valence-corrected chi connectivity index (χ0v) is 15.7. The fourth-order valence-electron chi connectivity index (χ4n) is 3.43. The molecular weight excluding hydrogens is 361 g/mol. The second kappa shape index (κ2) is 8.84. The molecule has 28 heavy (non-hydrogen) atoms. The summed E-state index contributed by atoms with van der Waals surface area (Å²) >= 11 is 0. The number of carbonyl (C=O) groups excluding carboxylic acids is 2. The number of nitrogens with zero attached hydrogens (tertiary/aromatic N) is 1. The van der Waals surface area contributed by atoms with Gasteiger partial charge in [-0.15, -0.1) is 0 Å². The molecule has 0 radical (unpaired) electrons. The SMILES string of the molecule is CC(=O)Nc1cc(NC(=O)N2CCC(C(O)c3ccccc3)CC2)ccc1F. The van der Waals surface area contributed by atoms with Crippen LogP contribution < -0.4 is 10.6 Å². The number of aliphatic hydroxyl groups excluding tert-OH is 1. The number of hydrogen-bond acceptors (Lipinski definition) is 3. The predicted octanol–water partition coefficient (Wildman–Crippen LogP) is 3.76. The van der Waals surface area contributed by atoms with Gasteiger partial charge in [0.15, 0.2) is 0 Å². The Morgan fingerprint density at radius 2 is 1.79 bits per heavy atom. The van der Waals surface area contributed by atoms with Crippen molar-refractivity contribution in [2.45, 2.75) is 25.9 Å². The monoisotopic (exact) mass is 385 g/mol. The van der Waals surface area contributed by atoms with Crippen molar-refractivity contribution in [2.75, 3.05) is 23.7 Å². The molecule has 0 bridgehead atoms. The van der Waals surface area contributed by atoms with Crippen molar-refractivity contribution in [1.82, 2.24) is 4.90 Å². The van der Waals surface area contributed by atoms with Gasteiger partial charge in [-0.2, -0.15) is 0 Å². The molecule has 1 aliphatic heterocycles. The maximum absolute atomic E-state index is 13.7. The molecule has 1 aliphatic rings. The maximum Gasteiger partial charge on any atom is 0.321 e. The van der Waals surface area contributed by atoms with Gasteiger partial charge in [0.05, 0.1) is 11.8 Å². The lowest BCUT2D eigenvalue weighted by Gasteiger charge is -2.34. The number of likely N-dealkylation sites (tertiary alicyclic amines) is 1. The van der Waals surface area contributed by atoms with Crippen LogP contribution >= 0.6 is 0 Å². The van der Waals surface area contributed by atoms with Crippen LogP contribution in [0.5, 0.6) is 0 Å². The number of halogens is 1. The largest absolute Gasteiger partial charge is 0.388 e. The molecular formula is C21H24FN3O3. The fourth-order valence-corrected chi connectivity index (χ4v) is 3.43. The molecule has 1 fully saturated rings. The van der Waals surface area contributed by atoms with E-state index >= 15 is 0 Å². The highest BCUT2D eigenvalue weighted by molar-refractivity contribution is 5.92. The zero-order valence-electron chi connectivity index (χ0n) is 15.7. The van der Waals surface area contributed by atoms with E-state index < -0.39 is 11.9 Å². The number of anilines is 2. The van der Waals surface area contributed by atoms with Gasteiger partial charge in [0.25, 0.3) is 0 Å². The number of nitrogens with one attached hydrogen (secondary N) is 2. The van der Waals surface area contributed by atoms with Crippen LogP contribution in [-0.4, -0.2) is 35.0 Å². The van der Waals surface area contributed by atoms with E-state index in [9.17, 15) is 19.1 Å². The Kier molecular flexibility index (Phi) is 6.26. The van der Waals surface area contributed by atoms with Gasteiger partial charge in [-0.25, -0.2) is 9.18 Å². The highest BCUT2D eigenvalue weighted by atomic mass is 19.1. The smallest absolute Gasteiger partial charge is 0.321 e. The Morgan fingerprint density at radius 3 is 2.43 bits per heavy atom. The number of aliphatic hydroxyl groups is 1. The van der Waals surface area contributed by atoms with E-state index in [-0.39, 0.29) is 23.5 Å². The van der Waals surface area contributed by atoms with Crippen molar-refractivity contribution < 1.29 is 19.1 Å². The molecule has 2 aromatic carbocycles. The molecule has 3 N–H and O–H groups in total. The van der Waals surface area contributed by atoms with E-state index in [4.69, 9.17) is 0 Å². The van der Waals surface area contributed by atoms with Gasteiger partial charge in [0, 0.05) is 25.7 Å². The lowest BCUT2D eigenvalue weighted by atomic mass is 9.87. The van der Waals surface area contributed by atoms with Crippen LogP contribution in [0, 0.1) is 11.7 Å². The minimum Gasteiger partial charge on any atom is -0.388 e. The molecule has 3 amide bonds. The van der Waals surface area contributed by atoms with Crippen LogP contribution in [0.15, 0.2) is 48.5 Å². The first-order chi connectivity index (χ1) is 13.4. The van der Waals surface area contributed by atoms with Crippen molar-refractivity contribution >= 4 is 23.3 Å². The number of rotatable bonds is 4. The fraction of sp³-hybridized carbons (Fsp3) is 0.333. The maximum atomic E-state index is 13.7. The molecule has 2 aromatic rings. The topological polar surface area (TPSA) is 81.7 Å². The van der Waals surface area contributed by atoms with Crippen molar-refractivity contribution in [1.29, 1.82) is 0 Å². The first-order valence-electron chi connectivity index (χ1n) is 9.30. The third-order valence-corrected chi connectivity index (χ3v) is 4.94. The van der Waals surface area contributed by atoms with Crippen molar-refractivity contribution in [3.05, 3.63) is 59.9 Å². The van der Waals surface area contributed by atoms with Gasteiger partial charge in [-0.1, -0.05) is 30.3 Å². The molecule has 1 heterocycles. The summed E-state index contributed by atoms with van der Waals surface area (Å²) in [6.07, 6.45) is 0.859. The number of benzene rings is 2. The van der Waals surface area contributed by atoms with E-state index in [1.807, 2.05) is 30.3 Å². The van der Waals surface area contributed by atoms with E-state index in [0.29, 0.717) is 31.6 Å². The predicted molar refractivity (Wildman–Crippen MR) is 105 cm³/mol. The number of amides is 3. The van der Waals surface area contributed by atoms with Crippen LogP contribution in [0.25, 0.3) is 0 Å². The molecule has 148 valence electrons. The Bertz CT molecular complexity index is 836. The van der Waals surface area contributed by atoms with Crippen LogP contribution in [0.4, 0.5) is 20.6 Å². The minimum atomic E-state index is -0.566. The minimum absolute atomic E-state index is 0.0231. The second-order valence-corrected chi connectivity index (χ2v) is 6.99. The van der Waals surface area contributed by atoms with Crippen molar-refractivity contribution in [3.63, 3.8) is 0 Å². The van der Waals surface area contributed by atoms with Gasteiger partial charge < -0.3 is 20.6 Å². The molecule has 1 atom stereocenters. The van der Waals surface area contributed by atoms with Crippen LogP contribution in [0.3, 0.4) is 0 Å². The molecule has 0 aromatic heterocycles. The van der Waals surface area contributed by atoms with Crippen LogP contribution in [0.2, 0.25) is 0 Å². The average molecular weight is 385 g/mol. The summed E-state index contributed by atoms with van der Waals surface area (Å²) in [4.78, 5) is 25.3. The standard InChI is InChI=1S/C21H24FN3O3/c1-14(26)23-19-13-17(7-8-18(19)22)24-21(28)25-11-9-16(10-12-25)20(27)15-5-3-2-4-6-15/h2-8,13,16,20,27H,9-12H2,1H3,(H,23,26)(H,24,28). The average Bonchev–Trinajstić information content (AvgIpc) is 2.70. The lowest BCUT2D eigenvalue weighted by molar-refractivity contribution is -0.114. The van der Waals surface area contributed by atoms with Crippen molar-refractivity contribution in [3.8, 4) is 0 Å². The van der Waals surface area contributed by atoms with Crippen molar-refractivity contribution in [2.24, 2.45) is 5.92 Å². The molecule has 0 spiro atoms. The summed E-state index contributed by atoms with van der Waals surface area (Å²) in [7, 11) is 0. The molecule has 1 unspecified atom stereocenters. The zero-order chi connectivity index (χ0) is 20.1. The first-order valence-corrected chi connectivity index (χ1v) is 9.30. The van der Waals surface area contributed by atoms with E-state index in [2.05, 4.69) is 10.6 Å². The van der Waals surface area contributed by atoms with Gasteiger partial charge in [0.1, 0.15) is 5.82 Å². The normalized spacial score (nSPS) is 15.8. The molecule has 6 nitrogen and oxygen atoms in total. The third-order valence-electron chi connectivity index (χ3n) is 4.94. The Hall–Kier alpha value is -2.93. The van der Waals surface area contributed by atoms with E-state index in [1.54, 1.807) is 4.90 Å². The Balaban J connectivity index is 1.56. The number of hydrogen-bond donors (Lipinski definition) is 3.